The number of ether oxygens (including phenoxy) is 2. The molecule has 2 aromatic carbocycles. The minimum absolute atomic E-state index is 0.107. The van der Waals surface area contributed by atoms with Crippen LogP contribution < -0.4 is 14.5 Å². The number of carbonyl (C=O) groups excluding carboxylic acids is 3. The van der Waals surface area contributed by atoms with Gasteiger partial charge in [0.2, 0.25) is 11.8 Å². The van der Waals surface area contributed by atoms with Gasteiger partial charge in [0.1, 0.15) is 18.9 Å². The van der Waals surface area contributed by atoms with Crippen molar-refractivity contribution in [2.24, 2.45) is 0 Å². The summed E-state index contributed by atoms with van der Waals surface area (Å²) in [7, 11) is 1.31. The van der Waals surface area contributed by atoms with Crippen LogP contribution in [-0.4, -0.2) is 50.3 Å². The monoisotopic (exact) mass is 412 g/mol. The van der Waals surface area contributed by atoms with E-state index in [0.717, 1.165) is 10.5 Å². The Balaban J connectivity index is 1.64. The summed E-state index contributed by atoms with van der Waals surface area (Å²) in [6, 6.07) is 10.7. The van der Waals surface area contributed by atoms with E-state index in [2.05, 4.69) is 0 Å². The first-order valence-electron chi connectivity index (χ1n) is 9.17. The maximum absolute atomic E-state index is 13.1. The van der Waals surface area contributed by atoms with Gasteiger partial charge in [0, 0.05) is 4.90 Å². The second kappa shape index (κ2) is 7.79. The third-order valence-corrected chi connectivity index (χ3v) is 5.94. The van der Waals surface area contributed by atoms with Crippen molar-refractivity contribution in [3.8, 4) is 5.75 Å². The Hall–Kier alpha value is -3.00. The molecule has 0 bridgehead atoms. The van der Waals surface area contributed by atoms with Crippen molar-refractivity contribution in [2.75, 3.05) is 42.4 Å². The fourth-order valence-corrected chi connectivity index (χ4v) is 4.34. The van der Waals surface area contributed by atoms with E-state index in [9.17, 15) is 14.4 Å². The van der Waals surface area contributed by atoms with Crippen LogP contribution in [0.25, 0.3) is 0 Å². The largest absolute Gasteiger partial charge is 0.490 e. The molecule has 0 saturated carbocycles. The van der Waals surface area contributed by atoms with E-state index in [0.29, 0.717) is 35.8 Å². The highest BCUT2D eigenvalue weighted by Crippen LogP contribution is 2.37. The van der Waals surface area contributed by atoms with Crippen LogP contribution in [0.1, 0.15) is 15.9 Å². The molecule has 4 rings (SSSR count). The summed E-state index contributed by atoms with van der Waals surface area (Å²) in [6.45, 7) is 2.66. The Morgan fingerprint density at radius 3 is 2.79 bits per heavy atom. The summed E-state index contributed by atoms with van der Waals surface area (Å²) in [6.07, 6.45) is 0. The van der Waals surface area contributed by atoms with Crippen LogP contribution in [0.4, 0.5) is 11.4 Å². The number of thioether (sulfide) groups is 1. The van der Waals surface area contributed by atoms with Gasteiger partial charge in [-0.15, -0.1) is 11.8 Å². The quantitative estimate of drug-likeness (QED) is 0.722. The maximum atomic E-state index is 13.1. The minimum atomic E-state index is -0.486. The molecule has 0 saturated heterocycles. The van der Waals surface area contributed by atoms with Crippen LogP contribution in [0.5, 0.6) is 5.75 Å². The molecule has 7 nitrogen and oxygen atoms in total. The van der Waals surface area contributed by atoms with Crippen molar-refractivity contribution in [1.82, 2.24) is 0 Å². The van der Waals surface area contributed by atoms with E-state index in [-0.39, 0.29) is 24.1 Å². The number of methoxy groups -OCH3 is 1. The molecule has 8 heteroatoms. The zero-order valence-corrected chi connectivity index (χ0v) is 17.0. The number of nitrogens with zero attached hydrogens (tertiary/aromatic N) is 2. The van der Waals surface area contributed by atoms with Crippen LogP contribution in [0.3, 0.4) is 0 Å². The van der Waals surface area contributed by atoms with Gasteiger partial charge < -0.3 is 19.3 Å². The summed E-state index contributed by atoms with van der Waals surface area (Å²) < 4.78 is 10.4. The first kappa shape index (κ1) is 19.3. The van der Waals surface area contributed by atoms with E-state index < -0.39 is 5.97 Å². The van der Waals surface area contributed by atoms with E-state index in [1.807, 2.05) is 25.1 Å². The molecule has 0 aliphatic carbocycles. The molecule has 2 heterocycles. The SMILES string of the molecule is COC(=O)c1ccc2c(c1)N(CC(=O)N1CCOc3ccc(C)cc31)C(=O)CS2. The molecule has 0 spiro atoms. The van der Waals surface area contributed by atoms with Crippen LogP contribution in [0, 0.1) is 6.92 Å². The smallest absolute Gasteiger partial charge is 0.337 e. The van der Waals surface area contributed by atoms with Crippen LogP contribution in [-0.2, 0) is 14.3 Å². The molecule has 2 aliphatic heterocycles. The molecular formula is C21H20N2O5S. The van der Waals surface area contributed by atoms with E-state index in [1.165, 1.54) is 23.8 Å². The van der Waals surface area contributed by atoms with E-state index in [4.69, 9.17) is 9.47 Å². The number of hydrogen-bond acceptors (Lipinski definition) is 6. The second-order valence-corrected chi connectivity index (χ2v) is 7.82. The fourth-order valence-electron chi connectivity index (χ4n) is 3.43. The van der Waals surface area contributed by atoms with Crippen LogP contribution in [0.2, 0.25) is 0 Å². The molecule has 0 aromatic heterocycles. The third kappa shape index (κ3) is 3.67. The molecule has 0 unspecified atom stereocenters. The lowest BCUT2D eigenvalue weighted by Gasteiger charge is -2.33. The lowest BCUT2D eigenvalue weighted by Crippen LogP contribution is -2.47. The van der Waals surface area contributed by atoms with Crippen molar-refractivity contribution >= 4 is 40.9 Å². The molecule has 2 amide bonds. The Labute approximate surface area is 172 Å². The van der Waals surface area contributed by atoms with Gasteiger partial charge in [-0.2, -0.15) is 0 Å². The lowest BCUT2D eigenvalue weighted by molar-refractivity contribution is -0.121. The van der Waals surface area contributed by atoms with E-state index >= 15 is 0 Å². The second-order valence-electron chi connectivity index (χ2n) is 6.81. The lowest BCUT2D eigenvalue weighted by atomic mass is 10.1. The number of anilines is 2. The number of carbonyl (C=O) groups is 3. The molecule has 2 aromatic rings. The van der Waals surface area contributed by atoms with Crippen molar-refractivity contribution in [2.45, 2.75) is 11.8 Å². The Bertz CT molecular complexity index is 1010. The van der Waals surface area contributed by atoms with Gasteiger partial charge in [0.25, 0.3) is 0 Å². The summed E-state index contributed by atoms with van der Waals surface area (Å²) in [5.41, 5.74) is 2.63. The van der Waals surface area contributed by atoms with Gasteiger partial charge in [0.15, 0.2) is 0 Å². The predicted octanol–water partition coefficient (Wildman–Crippen LogP) is 2.65. The Kier molecular flexibility index (Phi) is 5.19. The van der Waals surface area contributed by atoms with Gasteiger partial charge in [-0.1, -0.05) is 6.07 Å². The standard InChI is InChI=1S/C21H20N2O5S/c1-13-3-5-17-15(9-13)22(7-8-28-17)19(24)11-23-16-10-14(21(26)27-2)4-6-18(16)29-12-20(23)25/h3-6,9-10H,7-8,11-12H2,1-2H3. The first-order valence-corrected chi connectivity index (χ1v) is 10.2. The molecule has 0 atom stereocenters. The highest BCUT2D eigenvalue weighted by atomic mass is 32.2. The zero-order valence-electron chi connectivity index (χ0n) is 16.1. The number of aryl methyl sites for hydroxylation is 1. The van der Waals surface area contributed by atoms with Gasteiger partial charge in [-0.05, 0) is 42.8 Å². The minimum Gasteiger partial charge on any atom is -0.490 e. The first-order chi connectivity index (χ1) is 14.0. The molecule has 2 aliphatic rings. The summed E-state index contributed by atoms with van der Waals surface area (Å²) in [5, 5.41) is 0. The number of esters is 1. The summed E-state index contributed by atoms with van der Waals surface area (Å²) in [4.78, 5) is 41.6. The number of amides is 2. The van der Waals surface area contributed by atoms with Gasteiger partial charge in [-0.3, -0.25) is 9.59 Å². The predicted molar refractivity (Wildman–Crippen MR) is 110 cm³/mol. The average molecular weight is 412 g/mol. The van der Waals surface area contributed by atoms with Crippen molar-refractivity contribution in [3.05, 3.63) is 47.5 Å². The van der Waals surface area contributed by atoms with Crippen LogP contribution in [0.15, 0.2) is 41.3 Å². The van der Waals surface area contributed by atoms with Crippen LogP contribution >= 0.6 is 11.8 Å². The molecule has 0 radical (unpaired) electrons. The van der Waals surface area contributed by atoms with Gasteiger partial charge in [-0.25, -0.2) is 4.79 Å². The molecule has 0 fully saturated rings. The third-order valence-electron chi connectivity index (χ3n) is 4.90. The van der Waals surface area contributed by atoms with Crippen molar-refractivity contribution in [1.29, 1.82) is 0 Å². The molecular weight excluding hydrogens is 392 g/mol. The Morgan fingerprint density at radius 1 is 1.17 bits per heavy atom. The normalized spacial score (nSPS) is 15.3. The average Bonchev–Trinajstić information content (AvgIpc) is 2.74. The zero-order chi connectivity index (χ0) is 20.5. The highest BCUT2D eigenvalue weighted by Gasteiger charge is 2.31. The highest BCUT2D eigenvalue weighted by molar-refractivity contribution is 8.00. The number of rotatable bonds is 3. The summed E-state index contributed by atoms with van der Waals surface area (Å²) in [5.74, 6) is 0.0469. The number of benzene rings is 2. The topological polar surface area (TPSA) is 76.2 Å². The van der Waals surface area contributed by atoms with Gasteiger partial charge >= 0.3 is 5.97 Å². The van der Waals surface area contributed by atoms with Gasteiger partial charge in [0.05, 0.1) is 36.3 Å². The molecule has 29 heavy (non-hydrogen) atoms. The maximum Gasteiger partial charge on any atom is 0.337 e. The number of fused-ring (bicyclic) bond motifs is 2. The van der Waals surface area contributed by atoms with Crippen molar-refractivity contribution in [3.63, 3.8) is 0 Å². The van der Waals surface area contributed by atoms with E-state index in [1.54, 1.807) is 23.1 Å². The fraction of sp³-hybridized carbons (Fsp3) is 0.286. The summed E-state index contributed by atoms with van der Waals surface area (Å²) >= 11 is 1.39. The molecule has 150 valence electrons. The van der Waals surface area contributed by atoms with Crippen molar-refractivity contribution < 1.29 is 23.9 Å². The number of hydrogen-bond donors (Lipinski definition) is 0. The Morgan fingerprint density at radius 2 is 2.00 bits per heavy atom. The molecule has 0 N–H and O–H groups in total.